The molecular weight excluding hydrogens is 221 g/mol. The molecule has 2 atom stereocenters. The number of benzene rings is 1. The molecule has 1 aromatic carbocycles. The largest absolute Gasteiger partial charge is 0.468 e. The Morgan fingerprint density at radius 2 is 2.12 bits per heavy atom. The number of rotatable bonds is 2. The summed E-state index contributed by atoms with van der Waals surface area (Å²) in [6.07, 6.45) is 1.66. The molecule has 2 rings (SSSR count). The summed E-state index contributed by atoms with van der Waals surface area (Å²) in [5.41, 5.74) is 1.09. The maximum atomic E-state index is 12.8. The fourth-order valence-corrected chi connectivity index (χ4v) is 2.28. The van der Waals surface area contributed by atoms with Crippen molar-refractivity contribution in [3.05, 3.63) is 35.6 Å². The summed E-state index contributed by atoms with van der Waals surface area (Å²) < 4.78 is 17.6. The number of halogens is 1. The molecule has 0 unspecified atom stereocenters. The molecule has 1 aliphatic rings. The molecule has 3 nitrogen and oxygen atoms in total. The number of esters is 1. The van der Waals surface area contributed by atoms with Crippen molar-refractivity contribution < 1.29 is 13.9 Å². The summed E-state index contributed by atoms with van der Waals surface area (Å²) in [6, 6.07) is 6.26. The molecular formula is C13H16FNO2. The van der Waals surface area contributed by atoms with Crippen LogP contribution in [0, 0.1) is 5.82 Å². The molecule has 0 aliphatic carbocycles. The van der Waals surface area contributed by atoms with Crippen LogP contribution in [0.5, 0.6) is 0 Å². The smallest absolute Gasteiger partial charge is 0.322 e. The van der Waals surface area contributed by atoms with Gasteiger partial charge in [0.1, 0.15) is 11.9 Å². The number of piperidine rings is 1. The van der Waals surface area contributed by atoms with Crippen molar-refractivity contribution in [3.63, 3.8) is 0 Å². The summed E-state index contributed by atoms with van der Waals surface area (Å²) in [5.74, 6) is -0.162. The molecule has 0 spiro atoms. The molecule has 1 heterocycles. The number of carbonyl (C=O) groups excluding carboxylic acids is 1. The average Bonchev–Trinajstić information content (AvgIpc) is 2.39. The van der Waals surface area contributed by atoms with Gasteiger partial charge in [-0.05, 0) is 43.0 Å². The van der Waals surface area contributed by atoms with E-state index in [1.54, 1.807) is 12.1 Å². The standard InChI is InChI=1S/C13H16FNO2/c1-17-13(16)12-8-10(6-7-15-12)9-2-4-11(14)5-3-9/h2-5,10,12,15H,6-8H2,1H3/t10-,12-/m1/s1. The van der Waals surface area contributed by atoms with Crippen LogP contribution in [0.25, 0.3) is 0 Å². The number of nitrogens with one attached hydrogen (secondary N) is 1. The maximum Gasteiger partial charge on any atom is 0.322 e. The Kier molecular flexibility index (Phi) is 3.74. The van der Waals surface area contributed by atoms with Crippen LogP contribution in [-0.4, -0.2) is 25.7 Å². The Morgan fingerprint density at radius 3 is 2.76 bits per heavy atom. The highest BCUT2D eigenvalue weighted by atomic mass is 19.1. The molecule has 0 saturated carbocycles. The Bertz CT molecular complexity index is 391. The summed E-state index contributed by atoms with van der Waals surface area (Å²) >= 11 is 0. The molecule has 0 radical (unpaired) electrons. The highest BCUT2D eigenvalue weighted by Gasteiger charge is 2.28. The van der Waals surface area contributed by atoms with Crippen LogP contribution < -0.4 is 5.32 Å². The van der Waals surface area contributed by atoms with E-state index >= 15 is 0 Å². The lowest BCUT2D eigenvalue weighted by Crippen LogP contribution is -2.43. The monoisotopic (exact) mass is 237 g/mol. The molecule has 0 amide bonds. The molecule has 92 valence electrons. The summed E-state index contributed by atoms with van der Waals surface area (Å²) in [7, 11) is 1.39. The topological polar surface area (TPSA) is 38.3 Å². The Labute approximate surface area is 100.0 Å². The van der Waals surface area contributed by atoms with Crippen molar-refractivity contribution in [1.29, 1.82) is 0 Å². The van der Waals surface area contributed by atoms with Crippen molar-refractivity contribution in [2.45, 2.75) is 24.8 Å². The lowest BCUT2D eigenvalue weighted by Gasteiger charge is -2.28. The van der Waals surface area contributed by atoms with Gasteiger partial charge in [0.2, 0.25) is 0 Å². The van der Waals surface area contributed by atoms with E-state index in [4.69, 9.17) is 4.74 Å². The fourth-order valence-electron chi connectivity index (χ4n) is 2.28. The zero-order valence-corrected chi connectivity index (χ0v) is 9.78. The van der Waals surface area contributed by atoms with Crippen LogP contribution >= 0.6 is 0 Å². The first kappa shape index (κ1) is 12.0. The third kappa shape index (κ3) is 2.82. The zero-order valence-electron chi connectivity index (χ0n) is 9.78. The minimum Gasteiger partial charge on any atom is -0.468 e. The molecule has 1 fully saturated rings. The van der Waals surface area contributed by atoms with Gasteiger partial charge >= 0.3 is 5.97 Å². The van der Waals surface area contributed by atoms with E-state index in [-0.39, 0.29) is 17.8 Å². The first-order valence-electron chi connectivity index (χ1n) is 5.77. The number of hydrogen-bond donors (Lipinski definition) is 1. The Balaban J connectivity index is 2.06. The van der Waals surface area contributed by atoms with Gasteiger partial charge in [-0.3, -0.25) is 4.79 Å². The van der Waals surface area contributed by atoms with E-state index < -0.39 is 0 Å². The fraction of sp³-hybridized carbons (Fsp3) is 0.462. The SMILES string of the molecule is COC(=O)[C@H]1C[C@H](c2ccc(F)cc2)CCN1. The van der Waals surface area contributed by atoms with E-state index in [0.29, 0.717) is 12.3 Å². The molecule has 1 aliphatic heterocycles. The lowest BCUT2D eigenvalue weighted by atomic mass is 9.86. The normalized spacial score (nSPS) is 24.4. The van der Waals surface area contributed by atoms with Crippen molar-refractivity contribution >= 4 is 5.97 Å². The van der Waals surface area contributed by atoms with Crippen LogP contribution in [0.3, 0.4) is 0 Å². The molecule has 17 heavy (non-hydrogen) atoms. The highest BCUT2D eigenvalue weighted by molar-refractivity contribution is 5.75. The number of methoxy groups -OCH3 is 1. The van der Waals surface area contributed by atoms with E-state index in [2.05, 4.69) is 5.32 Å². The molecule has 1 aromatic rings. The number of hydrogen-bond acceptors (Lipinski definition) is 3. The quantitative estimate of drug-likeness (QED) is 0.797. The van der Waals surface area contributed by atoms with Gasteiger partial charge in [-0.15, -0.1) is 0 Å². The van der Waals surface area contributed by atoms with Crippen molar-refractivity contribution in [1.82, 2.24) is 5.32 Å². The first-order valence-corrected chi connectivity index (χ1v) is 5.77. The van der Waals surface area contributed by atoms with Crippen LogP contribution in [0.15, 0.2) is 24.3 Å². The second kappa shape index (κ2) is 5.27. The van der Waals surface area contributed by atoms with Gasteiger partial charge < -0.3 is 10.1 Å². The predicted octanol–water partition coefficient (Wildman–Crippen LogP) is 1.83. The maximum absolute atomic E-state index is 12.8. The Morgan fingerprint density at radius 1 is 1.41 bits per heavy atom. The van der Waals surface area contributed by atoms with Gasteiger partial charge in [-0.2, -0.15) is 0 Å². The van der Waals surface area contributed by atoms with Gasteiger partial charge in [0.15, 0.2) is 0 Å². The zero-order chi connectivity index (χ0) is 12.3. The second-order valence-corrected chi connectivity index (χ2v) is 4.30. The van der Waals surface area contributed by atoms with Crippen LogP contribution in [0.1, 0.15) is 24.3 Å². The third-order valence-electron chi connectivity index (χ3n) is 3.23. The van der Waals surface area contributed by atoms with Gasteiger partial charge in [-0.25, -0.2) is 4.39 Å². The minimum absolute atomic E-state index is 0.225. The predicted molar refractivity (Wildman–Crippen MR) is 62.2 cm³/mol. The van der Waals surface area contributed by atoms with E-state index in [1.807, 2.05) is 0 Å². The first-order chi connectivity index (χ1) is 8.20. The molecule has 0 aromatic heterocycles. The number of carbonyl (C=O) groups is 1. The third-order valence-corrected chi connectivity index (χ3v) is 3.23. The number of ether oxygens (including phenoxy) is 1. The molecule has 1 N–H and O–H groups in total. The Hall–Kier alpha value is -1.42. The summed E-state index contributed by atoms with van der Waals surface area (Å²) in [5, 5.41) is 3.13. The van der Waals surface area contributed by atoms with Gasteiger partial charge in [0.05, 0.1) is 7.11 Å². The van der Waals surface area contributed by atoms with Crippen molar-refractivity contribution in [2.75, 3.05) is 13.7 Å². The lowest BCUT2D eigenvalue weighted by molar-refractivity contribution is -0.143. The van der Waals surface area contributed by atoms with Gasteiger partial charge in [-0.1, -0.05) is 12.1 Å². The van der Waals surface area contributed by atoms with Gasteiger partial charge in [0, 0.05) is 0 Å². The van der Waals surface area contributed by atoms with Crippen LogP contribution in [-0.2, 0) is 9.53 Å². The summed E-state index contributed by atoms with van der Waals surface area (Å²) in [4.78, 5) is 11.5. The van der Waals surface area contributed by atoms with E-state index in [0.717, 1.165) is 18.5 Å². The van der Waals surface area contributed by atoms with E-state index in [9.17, 15) is 9.18 Å². The summed E-state index contributed by atoms with van der Waals surface area (Å²) in [6.45, 7) is 0.780. The van der Waals surface area contributed by atoms with Gasteiger partial charge in [0.25, 0.3) is 0 Å². The van der Waals surface area contributed by atoms with Crippen LogP contribution in [0.4, 0.5) is 4.39 Å². The average molecular weight is 237 g/mol. The molecule has 4 heteroatoms. The van der Waals surface area contributed by atoms with Crippen molar-refractivity contribution in [3.8, 4) is 0 Å². The molecule has 0 bridgehead atoms. The second-order valence-electron chi connectivity index (χ2n) is 4.30. The van der Waals surface area contributed by atoms with E-state index in [1.165, 1.54) is 19.2 Å². The highest BCUT2D eigenvalue weighted by Crippen LogP contribution is 2.28. The minimum atomic E-state index is -0.246. The van der Waals surface area contributed by atoms with Crippen LogP contribution in [0.2, 0.25) is 0 Å². The van der Waals surface area contributed by atoms with Crippen molar-refractivity contribution in [2.24, 2.45) is 0 Å². The molecule has 1 saturated heterocycles.